The Bertz CT molecular complexity index is 1060. The highest BCUT2D eigenvalue weighted by atomic mass is 16.5. The monoisotopic (exact) mass is 370 g/mol. The van der Waals surface area contributed by atoms with Gasteiger partial charge in [-0.15, -0.1) is 0 Å². The number of nitrogens with zero attached hydrogens (tertiary/aromatic N) is 2. The first-order valence-corrected chi connectivity index (χ1v) is 9.98. The quantitative estimate of drug-likeness (QED) is 0.371. The van der Waals surface area contributed by atoms with E-state index in [1.165, 1.54) is 16.6 Å². The van der Waals surface area contributed by atoms with Crippen molar-refractivity contribution in [2.75, 3.05) is 6.61 Å². The summed E-state index contributed by atoms with van der Waals surface area (Å²) in [5.41, 5.74) is 5.95. The van der Waals surface area contributed by atoms with E-state index in [2.05, 4.69) is 85.1 Å². The van der Waals surface area contributed by atoms with Crippen LogP contribution in [0.5, 0.6) is 5.75 Å². The number of para-hydroxylation sites is 2. The van der Waals surface area contributed by atoms with Gasteiger partial charge in [-0.2, -0.15) is 0 Å². The van der Waals surface area contributed by atoms with Gasteiger partial charge >= 0.3 is 0 Å². The second-order valence-electron chi connectivity index (χ2n) is 7.14. The summed E-state index contributed by atoms with van der Waals surface area (Å²) in [7, 11) is 0. The lowest BCUT2D eigenvalue weighted by molar-refractivity contribution is 0.303. The van der Waals surface area contributed by atoms with Gasteiger partial charge < -0.3 is 9.30 Å². The third kappa shape index (κ3) is 3.94. The zero-order valence-corrected chi connectivity index (χ0v) is 16.6. The third-order valence-electron chi connectivity index (χ3n) is 5.06. The Hall–Kier alpha value is -3.07. The maximum atomic E-state index is 5.95. The summed E-state index contributed by atoms with van der Waals surface area (Å²) in [5.74, 6) is 1.96. The van der Waals surface area contributed by atoms with Crippen LogP contribution in [0.2, 0.25) is 0 Å². The Morgan fingerprint density at radius 2 is 1.75 bits per heavy atom. The smallest absolute Gasteiger partial charge is 0.141 e. The van der Waals surface area contributed by atoms with Gasteiger partial charge in [0.25, 0.3) is 0 Å². The predicted octanol–water partition coefficient (Wildman–Crippen LogP) is 6.04. The fourth-order valence-corrected chi connectivity index (χ4v) is 3.54. The van der Waals surface area contributed by atoms with Gasteiger partial charge in [-0.05, 0) is 55.7 Å². The van der Waals surface area contributed by atoms with Gasteiger partial charge in [0.15, 0.2) is 0 Å². The van der Waals surface area contributed by atoms with Crippen molar-refractivity contribution in [3.05, 3.63) is 83.9 Å². The number of aromatic nitrogens is 2. The van der Waals surface area contributed by atoms with Crippen molar-refractivity contribution in [3.8, 4) is 17.1 Å². The molecule has 0 saturated heterocycles. The molecule has 3 heteroatoms. The molecule has 3 aromatic carbocycles. The summed E-state index contributed by atoms with van der Waals surface area (Å²) in [6.07, 6.45) is 1.98. The lowest BCUT2D eigenvalue weighted by Gasteiger charge is -2.11. The Morgan fingerprint density at radius 3 is 2.54 bits per heavy atom. The molecule has 0 radical (unpaired) electrons. The molecule has 0 aliphatic carbocycles. The van der Waals surface area contributed by atoms with Crippen LogP contribution in [0.3, 0.4) is 0 Å². The van der Waals surface area contributed by atoms with Crippen LogP contribution in [-0.2, 0) is 13.0 Å². The molecule has 28 heavy (non-hydrogen) atoms. The van der Waals surface area contributed by atoms with Gasteiger partial charge in [-0.1, -0.05) is 55.0 Å². The van der Waals surface area contributed by atoms with Gasteiger partial charge in [0.1, 0.15) is 11.6 Å². The topological polar surface area (TPSA) is 27.1 Å². The van der Waals surface area contributed by atoms with Crippen LogP contribution in [0.1, 0.15) is 24.5 Å². The molecule has 0 unspecified atom stereocenters. The van der Waals surface area contributed by atoms with Gasteiger partial charge in [0.05, 0.1) is 17.6 Å². The Morgan fingerprint density at radius 1 is 0.929 bits per heavy atom. The number of rotatable bonds is 7. The number of ether oxygens (including phenoxy) is 1. The van der Waals surface area contributed by atoms with E-state index in [1.807, 2.05) is 6.07 Å². The second-order valence-corrected chi connectivity index (χ2v) is 7.14. The maximum absolute atomic E-state index is 5.95. The molecular formula is C25H26N2O. The summed E-state index contributed by atoms with van der Waals surface area (Å²) < 4.78 is 8.26. The normalized spacial score (nSPS) is 11.1. The van der Waals surface area contributed by atoms with Crippen molar-refractivity contribution in [1.82, 2.24) is 9.55 Å². The highest BCUT2D eigenvalue weighted by molar-refractivity contribution is 5.80. The number of imidazole rings is 1. The molecule has 4 rings (SSSR count). The fraction of sp³-hybridized carbons (Fsp3) is 0.240. The van der Waals surface area contributed by atoms with E-state index in [-0.39, 0.29) is 0 Å². The van der Waals surface area contributed by atoms with Crippen molar-refractivity contribution in [3.63, 3.8) is 0 Å². The van der Waals surface area contributed by atoms with E-state index in [9.17, 15) is 0 Å². The fourth-order valence-electron chi connectivity index (χ4n) is 3.54. The first-order chi connectivity index (χ1) is 13.7. The molecular weight excluding hydrogens is 344 g/mol. The van der Waals surface area contributed by atoms with Crippen molar-refractivity contribution in [2.45, 2.75) is 33.2 Å². The molecule has 142 valence electrons. The molecule has 0 amide bonds. The van der Waals surface area contributed by atoms with E-state index >= 15 is 0 Å². The molecule has 3 nitrogen and oxygen atoms in total. The average Bonchev–Trinajstić information content (AvgIpc) is 3.10. The van der Waals surface area contributed by atoms with E-state index in [4.69, 9.17) is 9.72 Å². The number of benzene rings is 3. The number of hydrogen-bond acceptors (Lipinski definition) is 2. The minimum Gasteiger partial charge on any atom is -0.494 e. The molecule has 1 heterocycles. The number of hydrogen-bond donors (Lipinski definition) is 0. The summed E-state index contributed by atoms with van der Waals surface area (Å²) in [5, 5.41) is 0. The first kappa shape index (κ1) is 18.3. The molecule has 0 spiro atoms. The Balaban J connectivity index is 1.51. The predicted molar refractivity (Wildman–Crippen MR) is 116 cm³/mol. The van der Waals surface area contributed by atoms with Crippen LogP contribution < -0.4 is 4.74 Å². The first-order valence-electron chi connectivity index (χ1n) is 9.98. The summed E-state index contributed by atoms with van der Waals surface area (Å²) >= 11 is 0. The minimum absolute atomic E-state index is 0.686. The summed E-state index contributed by atoms with van der Waals surface area (Å²) in [6, 6.07) is 25.3. The lowest BCUT2D eigenvalue weighted by Crippen LogP contribution is -2.06. The van der Waals surface area contributed by atoms with Crippen molar-refractivity contribution >= 4 is 11.0 Å². The van der Waals surface area contributed by atoms with Gasteiger partial charge in [0, 0.05) is 12.1 Å². The molecule has 0 fully saturated rings. The lowest BCUT2D eigenvalue weighted by atomic mass is 10.1. The van der Waals surface area contributed by atoms with Crippen LogP contribution in [-0.4, -0.2) is 16.2 Å². The third-order valence-corrected chi connectivity index (χ3v) is 5.06. The SMILES string of the molecule is CCc1ccc(OCCCn2c(-c3cccc(C)c3)nc3ccccc32)cc1. The highest BCUT2D eigenvalue weighted by Gasteiger charge is 2.12. The van der Waals surface area contributed by atoms with Gasteiger partial charge in [-0.3, -0.25) is 0 Å². The minimum atomic E-state index is 0.686. The van der Waals surface area contributed by atoms with Crippen molar-refractivity contribution < 1.29 is 4.74 Å². The van der Waals surface area contributed by atoms with Crippen LogP contribution >= 0.6 is 0 Å². The summed E-state index contributed by atoms with van der Waals surface area (Å²) in [6.45, 7) is 5.84. The van der Waals surface area contributed by atoms with E-state index in [0.29, 0.717) is 6.61 Å². The van der Waals surface area contributed by atoms with Crippen LogP contribution in [0.4, 0.5) is 0 Å². The largest absolute Gasteiger partial charge is 0.494 e. The molecule has 4 aromatic rings. The standard InChI is InChI=1S/C25H26N2O/c1-3-20-12-14-22(15-13-20)28-17-7-16-27-24-11-5-4-10-23(24)26-25(27)21-9-6-8-19(2)18-21/h4-6,8-15,18H,3,7,16-17H2,1-2H3. The van der Waals surface area contributed by atoms with Gasteiger partial charge in [0.2, 0.25) is 0 Å². The Labute approximate surface area is 166 Å². The second kappa shape index (κ2) is 8.30. The van der Waals surface area contributed by atoms with E-state index in [0.717, 1.165) is 42.0 Å². The zero-order valence-electron chi connectivity index (χ0n) is 16.6. The molecule has 0 saturated carbocycles. The highest BCUT2D eigenvalue weighted by Crippen LogP contribution is 2.26. The maximum Gasteiger partial charge on any atom is 0.141 e. The van der Waals surface area contributed by atoms with Crippen molar-refractivity contribution in [1.29, 1.82) is 0 Å². The molecule has 0 atom stereocenters. The average molecular weight is 370 g/mol. The molecule has 0 aliphatic heterocycles. The summed E-state index contributed by atoms with van der Waals surface area (Å²) in [4.78, 5) is 4.90. The van der Waals surface area contributed by atoms with Crippen molar-refractivity contribution in [2.24, 2.45) is 0 Å². The number of fused-ring (bicyclic) bond motifs is 1. The molecule has 0 N–H and O–H groups in total. The van der Waals surface area contributed by atoms with Crippen LogP contribution in [0.25, 0.3) is 22.4 Å². The van der Waals surface area contributed by atoms with E-state index in [1.54, 1.807) is 0 Å². The zero-order chi connectivity index (χ0) is 19.3. The molecule has 1 aromatic heterocycles. The van der Waals surface area contributed by atoms with Crippen LogP contribution in [0, 0.1) is 6.92 Å². The Kier molecular flexibility index (Phi) is 5.43. The van der Waals surface area contributed by atoms with Gasteiger partial charge in [-0.25, -0.2) is 4.98 Å². The molecule has 0 bridgehead atoms. The van der Waals surface area contributed by atoms with E-state index < -0.39 is 0 Å². The number of aryl methyl sites for hydroxylation is 3. The van der Waals surface area contributed by atoms with Crippen LogP contribution in [0.15, 0.2) is 72.8 Å². The molecule has 0 aliphatic rings.